The number of hydrogen-bond acceptors (Lipinski definition) is 4. The largest absolute Gasteiger partial charge is 0.465 e. The highest BCUT2D eigenvalue weighted by atomic mass is 16.5. The lowest BCUT2D eigenvalue weighted by Gasteiger charge is -2.20. The van der Waals surface area contributed by atoms with E-state index in [2.05, 4.69) is 4.98 Å². The van der Waals surface area contributed by atoms with Crippen molar-refractivity contribution in [3.05, 3.63) is 53.7 Å². The van der Waals surface area contributed by atoms with E-state index in [0.717, 1.165) is 17.1 Å². The van der Waals surface area contributed by atoms with E-state index in [1.165, 1.54) is 7.11 Å². The zero-order valence-corrected chi connectivity index (χ0v) is 11.3. The lowest BCUT2D eigenvalue weighted by Crippen LogP contribution is -2.13. The maximum Gasteiger partial charge on any atom is 0.337 e. The molecular weight excluding hydrogens is 240 g/mol. The second-order valence-corrected chi connectivity index (χ2v) is 4.24. The summed E-state index contributed by atoms with van der Waals surface area (Å²) in [6, 6.07) is 11.2. The van der Waals surface area contributed by atoms with Crippen LogP contribution in [0.25, 0.3) is 0 Å². The number of carbonyl (C=O) groups excluding carboxylic acids is 1. The summed E-state index contributed by atoms with van der Waals surface area (Å²) in [7, 11) is 3.33. The minimum atomic E-state index is -0.324. The molecule has 0 atom stereocenters. The van der Waals surface area contributed by atoms with Gasteiger partial charge in [0.1, 0.15) is 5.82 Å². The van der Waals surface area contributed by atoms with Gasteiger partial charge in [-0.25, -0.2) is 9.78 Å². The Morgan fingerprint density at radius 3 is 2.63 bits per heavy atom. The maximum absolute atomic E-state index is 11.5. The van der Waals surface area contributed by atoms with Gasteiger partial charge in [0.25, 0.3) is 0 Å². The van der Waals surface area contributed by atoms with Crippen LogP contribution < -0.4 is 4.90 Å². The summed E-state index contributed by atoms with van der Waals surface area (Å²) in [5, 5.41) is 0. The van der Waals surface area contributed by atoms with Crippen LogP contribution in [0.2, 0.25) is 0 Å². The monoisotopic (exact) mass is 256 g/mol. The van der Waals surface area contributed by atoms with Crippen molar-refractivity contribution in [1.29, 1.82) is 0 Å². The summed E-state index contributed by atoms with van der Waals surface area (Å²) >= 11 is 0. The van der Waals surface area contributed by atoms with Crippen molar-refractivity contribution in [2.75, 3.05) is 19.1 Å². The van der Waals surface area contributed by atoms with Gasteiger partial charge < -0.3 is 9.64 Å². The van der Waals surface area contributed by atoms with E-state index < -0.39 is 0 Å². The molecule has 1 aromatic heterocycles. The van der Waals surface area contributed by atoms with Crippen LogP contribution in [0.15, 0.2) is 42.6 Å². The molecule has 0 bridgehead atoms. The van der Waals surface area contributed by atoms with Crippen LogP contribution in [0.5, 0.6) is 0 Å². The normalized spacial score (nSPS) is 10.1. The average Bonchev–Trinajstić information content (AvgIpc) is 2.46. The molecule has 0 aliphatic heterocycles. The van der Waals surface area contributed by atoms with Gasteiger partial charge in [-0.1, -0.05) is 6.07 Å². The third-order valence-corrected chi connectivity index (χ3v) is 2.97. The number of ether oxygens (including phenoxy) is 1. The Morgan fingerprint density at radius 1 is 1.26 bits per heavy atom. The van der Waals surface area contributed by atoms with Gasteiger partial charge in [-0.15, -0.1) is 0 Å². The smallest absolute Gasteiger partial charge is 0.337 e. The molecule has 4 nitrogen and oxygen atoms in total. The predicted octanol–water partition coefficient (Wildman–Crippen LogP) is 2.94. The minimum absolute atomic E-state index is 0.324. The van der Waals surface area contributed by atoms with Gasteiger partial charge >= 0.3 is 5.97 Å². The van der Waals surface area contributed by atoms with Crippen molar-refractivity contribution in [1.82, 2.24) is 4.98 Å². The highest BCUT2D eigenvalue weighted by Crippen LogP contribution is 2.25. The average molecular weight is 256 g/mol. The Hall–Kier alpha value is -2.36. The molecule has 1 aromatic carbocycles. The number of hydrogen-bond donors (Lipinski definition) is 0. The molecule has 2 rings (SSSR count). The van der Waals surface area contributed by atoms with Crippen molar-refractivity contribution >= 4 is 17.5 Å². The second kappa shape index (κ2) is 5.52. The van der Waals surface area contributed by atoms with Crippen molar-refractivity contribution < 1.29 is 9.53 Å². The van der Waals surface area contributed by atoms with Crippen molar-refractivity contribution in [3.63, 3.8) is 0 Å². The predicted molar refractivity (Wildman–Crippen MR) is 74.8 cm³/mol. The summed E-state index contributed by atoms with van der Waals surface area (Å²) in [5.41, 5.74) is 2.56. The van der Waals surface area contributed by atoms with Crippen LogP contribution in [0.4, 0.5) is 11.5 Å². The quantitative estimate of drug-likeness (QED) is 0.792. The van der Waals surface area contributed by atoms with Crippen LogP contribution in [0.3, 0.4) is 0 Å². The molecule has 0 spiro atoms. The van der Waals surface area contributed by atoms with E-state index in [1.807, 2.05) is 49.2 Å². The Kier molecular flexibility index (Phi) is 3.80. The van der Waals surface area contributed by atoms with Gasteiger partial charge in [0.15, 0.2) is 0 Å². The van der Waals surface area contributed by atoms with E-state index in [-0.39, 0.29) is 5.97 Å². The summed E-state index contributed by atoms with van der Waals surface area (Å²) in [5.74, 6) is 0.534. The van der Waals surface area contributed by atoms with Crippen LogP contribution in [0.1, 0.15) is 15.9 Å². The third-order valence-electron chi connectivity index (χ3n) is 2.97. The molecule has 19 heavy (non-hydrogen) atoms. The third kappa shape index (κ3) is 2.73. The molecule has 0 fully saturated rings. The molecule has 0 saturated heterocycles. The second-order valence-electron chi connectivity index (χ2n) is 4.24. The van der Waals surface area contributed by atoms with E-state index in [9.17, 15) is 4.79 Å². The van der Waals surface area contributed by atoms with Crippen molar-refractivity contribution in [2.45, 2.75) is 6.92 Å². The summed E-state index contributed by atoms with van der Waals surface area (Å²) in [6.45, 7) is 1.96. The number of carbonyl (C=O) groups is 1. The number of rotatable bonds is 3. The number of pyridine rings is 1. The molecular formula is C15H16N2O2. The zero-order valence-electron chi connectivity index (χ0n) is 11.3. The van der Waals surface area contributed by atoms with Crippen molar-refractivity contribution in [2.24, 2.45) is 0 Å². The standard InChI is InChI=1S/C15H16N2O2/c1-11-10-12(15(18)19-3)7-8-13(11)17(2)14-6-4-5-9-16-14/h4-10H,1-3H3. The van der Waals surface area contributed by atoms with Gasteiger partial charge in [-0.05, 0) is 42.8 Å². The molecule has 0 N–H and O–H groups in total. The summed E-state index contributed by atoms with van der Waals surface area (Å²) in [6.07, 6.45) is 1.75. The summed E-state index contributed by atoms with van der Waals surface area (Å²) in [4.78, 5) is 17.8. The molecule has 0 unspecified atom stereocenters. The minimum Gasteiger partial charge on any atom is -0.465 e. The molecule has 4 heteroatoms. The fourth-order valence-electron chi connectivity index (χ4n) is 1.95. The highest BCUT2D eigenvalue weighted by Gasteiger charge is 2.11. The Morgan fingerprint density at radius 2 is 2.05 bits per heavy atom. The van der Waals surface area contributed by atoms with Crippen LogP contribution in [-0.4, -0.2) is 25.1 Å². The van der Waals surface area contributed by atoms with E-state index in [0.29, 0.717) is 5.56 Å². The first-order chi connectivity index (χ1) is 9.13. The SMILES string of the molecule is COC(=O)c1ccc(N(C)c2ccccn2)c(C)c1. The number of aromatic nitrogens is 1. The fourth-order valence-corrected chi connectivity index (χ4v) is 1.95. The van der Waals surface area contributed by atoms with Gasteiger partial charge in [-0.3, -0.25) is 0 Å². The summed E-state index contributed by atoms with van der Waals surface area (Å²) < 4.78 is 4.71. The molecule has 0 radical (unpaired) electrons. The number of aryl methyl sites for hydroxylation is 1. The molecule has 0 saturated carbocycles. The number of anilines is 2. The Bertz CT molecular complexity index is 582. The van der Waals surface area contributed by atoms with Crippen LogP contribution in [0, 0.1) is 6.92 Å². The van der Waals surface area contributed by atoms with E-state index >= 15 is 0 Å². The molecule has 0 aliphatic rings. The Balaban J connectivity index is 2.34. The fraction of sp³-hybridized carbons (Fsp3) is 0.200. The maximum atomic E-state index is 11.5. The first-order valence-electron chi connectivity index (χ1n) is 5.97. The van der Waals surface area contributed by atoms with Crippen LogP contribution in [-0.2, 0) is 4.74 Å². The lowest BCUT2D eigenvalue weighted by molar-refractivity contribution is 0.0600. The van der Waals surface area contributed by atoms with Gasteiger partial charge in [0.05, 0.1) is 12.7 Å². The molecule has 0 amide bonds. The number of nitrogens with zero attached hydrogens (tertiary/aromatic N) is 2. The van der Waals surface area contributed by atoms with Crippen LogP contribution >= 0.6 is 0 Å². The number of esters is 1. The van der Waals surface area contributed by atoms with Gasteiger partial charge in [-0.2, -0.15) is 0 Å². The lowest BCUT2D eigenvalue weighted by atomic mass is 10.1. The molecule has 2 aromatic rings. The zero-order chi connectivity index (χ0) is 13.8. The van der Waals surface area contributed by atoms with Gasteiger partial charge in [0, 0.05) is 18.9 Å². The van der Waals surface area contributed by atoms with E-state index in [4.69, 9.17) is 4.74 Å². The Labute approximate surface area is 112 Å². The van der Waals surface area contributed by atoms with E-state index in [1.54, 1.807) is 12.3 Å². The van der Waals surface area contributed by atoms with Crippen molar-refractivity contribution in [3.8, 4) is 0 Å². The van der Waals surface area contributed by atoms with Gasteiger partial charge in [0.2, 0.25) is 0 Å². The first kappa shape index (κ1) is 13.1. The highest BCUT2D eigenvalue weighted by molar-refractivity contribution is 5.90. The number of benzene rings is 1. The molecule has 0 aliphatic carbocycles. The molecule has 1 heterocycles. The number of methoxy groups -OCH3 is 1. The molecule has 98 valence electrons. The topological polar surface area (TPSA) is 42.4 Å². The first-order valence-corrected chi connectivity index (χ1v) is 5.97.